The Labute approximate surface area is 423 Å². The summed E-state index contributed by atoms with van der Waals surface area (Å²) in [6, 6.07) is 0. The van der Waals surface area contributed by atoms with E-state index >= 15 is 0 Å². The lowest BCUT2D eigenvalue weighted by Gasteiger charge is -2.28. The third-order valence-electron chi connectivity index (χ3n) is 11.1. The van der Waals surface area contributed by atoms with Crippen LogP contribution in [-0.4, -0.2) is 70.0 Å². The van der Waals surface area contributed by atoms with Crippen LogP contribution in [0.5, 0.6) is 0 Å². The van der Waals surface area contributed by atoms with Gasteiger partial charge in [0.15, 0.2) is 6.10 Å². The average Bonchev–Trinajstić information content (AvgIpc) is 3.31. The lowest BCUT2D eigenvalue weighted by atomic mass is 10.0. The Morgan fingerprint density at radius 2 is 0.826 bits per heavy atom. The number of carbonyl (C=O) groups excluding carboxylic acids is 2. The molecule has 0 aliphatic heterocycles. The first-order valence-electron chi connectivity index (χ1n) is 27.1. The van der Waals surface area contributed by atoms with Gasteiger partial charge in [-0.1, -0.05) is 213 Å². The zero-order chi connectivity index (χ0) is 50.6. The normalized spacial score (nSPS) is 14.2. The van der Waals surface area contributed by atoms with E-state index in [4.69, 9.17) is 18.5 Å². The first-order chi connectivity index (χ1) is 33.5. The highest BCUT2D eigenvalue weighted by Crippen LogP contribution is 2.38. The molecule has 0 heterocycles. The zero-order valence-corrected chi connectivity index (χ0v) is 45.4. The summed E-state index contributed by atoms with van der Waals surface area (Å²) in [6.07, 6.45) is 68.4. The molecule has 0 aliphatic carbocycles. The molecule has 0 saturated carbocycles. The van der Waals surface area contributed by atoms with E-state index in [1.807, 2.05) is 21.1 Å². The van der Waals surface area contributed by atoms with E-state index in [1.165, 1.54) is 70.6 Å². The van der Waals surface area contributed by atoms with E-state index in [0.29, 0.717) is 17.4 Å². The van der Waals surface area contributed by atoms with E-state index in [0.717, 1.165) is 96.3 Å². The van der Waals surface area contributed by atoms with Gasteiger partial charge in [0, 0.05) is 12.8 Å². The van der Waals surface area contributed by atoms with E-state index in [1.54, 1.807) is 0 Å². The predicted octanol–water partition coefficient (Wildman–Crippen LogP) is 16.0. The highest BCUT2D eigenvalue weighted by atomic mass is 31.2. The number of esters is 2. The Bertz CT molecular complexity index is 1530. The maximum Gasteiger partial charge on any atom is 0.306 e. The van der Waals surface area contributed by atoms with Crippen LogP contribution >= 0.6 is 7.82 Å². The molecule has 69 heavy (non-hydrogen) atoms. The van der Waals surface area contributed by atoms with Gasteiger partial charge in [-0.2, -0.15) is 0 Å². The number of phosphoric ester groups is 1. The van der Waals surface area contributed by atoms with Crippen LogP contribution in [0.15, 0.2) is 109 Å². The van der Waals surface area contributed by atoms with Gasteiger partial charge in [-0.05, 0) is 83.5 Å². The van der Waals surface area contributed by atoms with Crippen LogP contribution < -0.4 is 4.89 Å². The molecule has 0 aliphatic rings. The van der Waals surface area contributed by atoms with Crippen molar-refractivity contribution in [3.8, 4) is 0 Å². The van der Waals surface area contributed by atoms with Crippen molar-refractivity contribution in [1.82, 2.24) is 0 Å². The van der Waals surface area contributed by atoms with E-state index in [-0.39, 0.29) is 26.1 Å². The second-order valence-corrected chi connectivity index (χ2v) is 20.3. The molecular formula is C59H100NO8P. The molecule has 2 unspecified atom stereocenters. The summed E-state index contributed by atoms with van der Waals surface area (Å²) in [6.45, 7) is 4.07. The fourth-order valence-corrected chi connectivity index (χ4v) is 7.61. The third-order valence-corrected chi connectivity index (χ3v) is 12.0. The molecule has 0 amide bonds. The quantitative estimate of drug-likeness (QED) is 0.0195. The monoisotopic (exact) mass is 982 g/mol. The smallest absolute Gasteiger partial charge is 0.306 e. The average molecular weight is 982 g/mol. The maximum atomic E-state index is 12.8. The van der Waals surface area contributed by atoms with Crippen LogP contribution in [0.1, 0.15) is 200 Å². The van der Waals surface area contributed by atoms with Crippen molar-refractivity contribution in [1.29, 1.82) is 0 Å². The lowest BCUT2D eigenvalue weighted by Crippen LogP contribution is -2.37. The van der Waals surface area contributed by atoms with Crippen LogP contribution in [0.4, 0.5) is 0 Å². The SMILES string of the molecule is CC/C=C\C/C=C\C/C=C\C/C=C\C/C=C\C/C=C\C/C=C\C/C=C\C/C=C\CCCCCC(=O)OC(COC(=O)CCCCCCCCCCCCCCCC)COP(=O)([O-])OCC[N+](C)(C)C. The molecule has 9 nitrogen and oxygen atoms in total. The Balaban J connectivity index is 4.29. The van der Waals surface area contributed by atoms with Gasteiger partial charge in [-0.15, -0.1) is 0 Å². The first kappa shape index (κ1) is 65.7. The summed E-state index contributed by atoms with van der Waals surface area (Å²) in [5.74, 6) is -0.877. The third kappa shape index (κ3) is 53.9. The summed E-state index contributed by atoms with van der Waals surface area (Å²) >= 11 is 0. The molecule has 0 radical (unpaired) electrons. The number of allylic oxidation sites excluding steroid dienone is 18. The largest absolute Gasteiger partial charge is 0.756 e. The van der Waals surface area contributed by atoms with Crippen LogP contribution in [0, 0.1) is 0 Å². The van der Waals surface area contributed by atoms with Gasteiger partial charge in [0.05, 0.1) is 27.7 Å². The standard InChI is InChI=1S/C59H100NO8P/c1-6-8-10-12-14-16-18-20-22-23-24-25-26-27-28-29-30-31-32-33-34-35-36-37-38-40-42-44-46-48-50-52-59(62)68-57(56-67-69(63,64)66-54-53-60(3,4)5)55-65-58(61)51-49-47-45-43-41-39-21-19-17-15-13-11-9-7-2/h8,10,14,16,20,22,24-25,27-28,30-31,33-34,36-37,40,42,57H,6-7,9,11-13,15,17-19,21,23,26,29,32,35,38-39,41,43-56H2,1-5H3/b10-8-,16-14-,22-20-,25-24-,28-27-,31-30-,34-33-,37-36-,42-40-. The number of hydrogen-bond acceptors (Lipinski definition) is 8. The zero-order valence-electron chi connectivity index (χ0n) is 44.5. The first-order valence-corrected chi connectivity index (χ1v) is 28.6. The maximum absolute atomic E-state index is 12.8. The Morgan fingerprint density at radius 3 is 1.23 bits per heavy atom. The van der Waals surface area contributed by atoms with Crippen molar-refractivity contribution in [3.05, 3.63) is 109 Å². The molecule has 0 N–H and O–H groups in total. The molecule has 0 aromatic rings. The van der Waals surface area contributed by atoms with E-state index in [2.05, 4.69) is 123 Å². The molecular weight excluding hydrogens is 882 g/mol. The topological polar surface area (TPSA) is 111 Å². The van der Waals surface area contributed by atoms with Crippen molar-refractivity contribution in [2.24, 2.45) is 0 Å². The van der Waals surface area contributed by atoms with E-state index < -0.39 is 32.5 Å². The van der Waals surface area contributed by atoms with Gasteiger partial charge in [-0.25, -0.2) is 0 Å². The number of rotatable bonds is 48. The molecule has 0 aromatic heterocycles. The van der Waals surface area contributed by atoms with Crippen molar-refractivity contribution < 1.29 is 42.1 Å². The van der Waals surface area contributed by atoms with Crippen LogP contribution in [0.3, 0.4) is 0 Å². The molecule has 0 spiro atoms. The number of unbranched alkanes of at least 4 members (excludes halogenated alkanes) is 16. The van der Waals surface area contributed by atoms with Crippen molar-refractivity contribution in [2.75, 3.05) is 47.5 Å². The summed E-state index contributed by atoms with van der Waals surface area (Å²) in [7, 11) is 1.13. The molecule has 0 bridgehead atoms. The molecule has 0 rings (SSSR count). The molecule has 0 saturated heterocycles. The molecule has 0 aromatic carbocycles. The van der Waals surface area contributed by atoms with Crippen molar-refractivity contribution >= 4 is 19.8 Å². The summed E-state index contributed by atoms with van der Waals surface area (Å²) in [4.78, 5) is 37.7. The minimum absolute atomic E-state index is 0.0424. The minimum Gasteiger partial charge on any atom is -0.756 e. The van der Waals surface area contributed by atoms with Gasteiger partial charge >= 0.3 is 11.9 Å². The second kappa shape index (κ2) is 49.6. The fraction of sp³-hybridized carbons (Fsp3) is 0.661. The number of hydrogen-bond donors (Lipinski definition) is 0. The van der Waals surface area contributed by atoms with Gasteiger partial charge < -0.3 is 27.9 Å². The Hall–Kier alpha value is -3.33. The number of carbonyl (C=O) groups is 2. The van der Waals surface area contributed by atoms with Gasteiger partial charge in [0.25, 0.3) is 7.82 Å². The van der Waals surface area contributed by atoms with Crippen LogP contribution in [-0.2, 0) is 32.7 Å². The summed E-state index contributed by atoms with van der Waals surface area (Å²) in [5, 5.41) is 0. The van der Waals surface area contributed by atoms with Crippen LogP contribution in [0.2, 0.25) is 0 Å². The Kier molecular flexibility index (Phi) is 47.2. The highest BCUT2D eigenvalue weighted by Gasteiger charge is 2.21. The fourth-order valence-electron chi connectivity index (χ4n) is 6.88. The molecule has 10 heteroatoms. The van der Waals surface area contributed by atoms with Gasteiger partial charge in [0.2, 0.25) is 0 Å². The summed E-state index contributed by atoms with van der Waals surface area (Å²) in [5.41, 5.74) is 0. The number of likely N-dealkylation sites (N-methyl/N-ethyl adjacent to an activating group) is 1. The second-order valence-electron chi connectivity index (χ2n) is 18.9. The Morgan fingerprint density at radius 1 is 0.464 bits per heavy atom. The molecule has 0 fully saturated rings. The summed E-state index contributed by atoms with van der Waals surface area (Å²) < 4.78 is 34.0. The van der Waals surface area contributed by atoms with Crippen LogP contribution in [0.25, 0.3) is 0 Å². The number of phosphoric acid groups is 1. The number of ether oxygens (including phenoxy) is 2. The number of quaternary nitrogens is 1. The highest BCUT2D eigenvalue weighted by molar-refractivity contribution is 7.45. The predicted molar refractivity (Wildman–Crippen MR) is 291 cm³/mol. The lowest BCUT2D eigenvalue weighted by molar-refractivity contribution is -0.870. The van der Waals surface area contributed by atoms with E-state index in [9.17, 15) is 19.0 Å². The van der Waals surface area contributed by atoms with Crippen molar-refractivity contribution in [2.45, 2.75) is 206 Å². The molecule has 2 atom stereocenters. The molecule has 394 valence electrons. The van der Waals surface area contributed by atoms with Crippen molar-refractivity contribution in [3.63, 3.8) is 0 Å². The van der Waals surface area contributed by atoms with Gasteiger partial charge in [0.1, 0.15) is 19.8 Å². The number of nitrogens with zero attached hydrogens (tertiary/aromatic N) is 1. The minimum atomic E-state index is -4.65. The van der Waals surface area contributed by atoms with Gasteiger partial charge in [-0.3, -0.25) is 14.2 Å².